The fourth-order valence-corrected chi connectivity index (χ4v) is 5.65. The van der Waals surface area contributed by atoms with Gasteiger partial charge in [-0.3, -0.25) is 24.4 Å². The van der Waals surface area contributed by atoms with Crippen molar-refractivity contribution in [2.24, 2.45) is 7.05 Å². The molecule has 33 heavy (non-hydrogen) atoms. The number of urea groups is 1. The molecular formula is C22H23N5O4S2. The molecule has 1 aliphatic rings. The highest BCUT2D eigenvalue weighted by Crippen LogP contribution is 2.32. The molecule has 0 spiro atoms. The maximum absolute atomic E-state index is 13.1. The van der Waals surface area contributed by atoms with E-state index >= 15 is 0 Å². The first-order valence-electron chi connectivity index (χ1n) is 10.3. The van der Waals surface area contributed by atoms with Crippen LogP contribution in [0.2, 0.25) is 0 Å². The van der Waals surface area contributed by atoms with Gasteiger partial charge in [-0.25, -0.2) is 9.78 Å². The van der Waals surface area contributed by atoms with E-state index in [1.54, 1.807) is 38.2 Å². The Morgan fingerprint density at radius 2 is 1.91 bits per heavy atom. The molecule has 4 rings (SSSR count). The van der Waals surface area contributed by atoms with Gasteiger partial charge < -0.3 is 5.32 Å². The predicted octanol–water partition coefficient (Wildman–Crippen LogP) is 2.59. The van der Waals surface area contributed by atoms with Crippen LogP contribution >= 0.6 is 23.1 Å². The van der Waals surface area contributed by atoms with Crippen molar-refractivity contribution >= 4 is 51.2 Å². The highest BCUT2D eigenvalue weighted by Gasteiger charge is 2.52. The number of imide groups is 1. The number of thioether (sulfide) groups is 1. The van der Waals surface area contributed by atoms with Crippen molar-refractivity contribution in [3.63, 3.8) is 0 Å². The summed E-state index contributed by atoms with van der Waals surface area (Å²) >= 11 is 2.50. The SMILES string of the molecule is CCC1(c2ccccc2)NC(=O)N(NC(=O)CSc2nc3sc(C)c(C)c3c(=O)n2C)C1=O. The smallest absolute Gasteiger partial charge is 0.318 e. The van der Waals surface area contributed by atoms with Crippen LogP contribution in [-0.2, 0) is 22.2 Å². The van der Waals surface area contributed by atoms with Gasteiger partial charge in [0.2, 0.25) is 5.91 Å². The topological polar surface area (TPSA) is 113 Å². The summed E-state index contributed by atoms with van der Waals surface area (Å²) in [5, 5.41) is 4.41. The summed E-state index contributed by atoms with van der Waals surface area (Å²) in [4.78, 5) is 57.2. The van der Waals surface area contributed by atoms with E-state index in [4.69, 9.17) is 0 Å². The minimum absolute atomic E-state index is 0.128. The molecule has 1 unspecified atom stereocenters. The third-order valence-corrected chi connectivity index (χ3v) is 7.96. The lowest BCUT2D eigenvalue weighted by Crippen LogP contribution is -2.49. The number of thiophene rings is 1. The van der Waals surface area contributed by atoms with Gasteiger partial charge >= 0.3 is 6.03 Å². The molecule has 0 aliphatic carbocycles. The van der Waals surface area contributed by atoms with Crippen LogP contribution in [0.4, 0.5) is 4.79 Å². The Bertz CT molecular complexity index is 1330. The second kappa shape index (κ2) is 8.64. The lowest BCUT2D eigenvalue weighted by molar-refractivity contribution is -0.138. The van der Waals surface area contributed by atoms with Gasteiger partial charge in [-0.1, -0.05) is 49.0 Å². The Balaban J connectivity index is 1.50. The number of hydrogen-bond acceptors (Lipinski definition) is 7. The van der Waals surface area contributed by atoms with E-state index < -0.39 is 23.4 Å². The number of hydrazine groups is 1. The molecule has 2 aromatic heterocycles. The quantitative estimate of drug-likeness (QED) is 0.315. The number of fused-ring (bicyclic) bond motifs is 1. The molecule has 1 aliphatic heterocycles. The molecule has 0 saturated carbocycles. The molecule has 172 valence electrons. The van der Waals surface area contributed by atoms with Gasteiger partial charge in [0.05, 0.1) is 11.1 Å². The van der Waals surface area contributed by atoms with Gasteiger partial charge in [-0.05, 0) is 31.4 Å². The molecule has 1 fully saturated rings. The maximum Gasteiger partial charge on any atom is 0.344 e. The Kier molecular flexibility index (Phi) is 6.02. The lowest BCUT2D eigenvalue weighted by atomic mass is 9.87. The molecular weight excluding hydrogens is 462 g/mol. The fraction of sp³-hybridized carbons (Fsp3) is 0.318. The van der Waals surface area contributed by atoms with Gasteiger partial charge in [-0.2, -0.15) is 5.01 Å². The first-order chi connectivity index (χ1) is 15.7. The average Bonchev–Trinajstić information content (AvgIpc) is 3.23. The second-order valence-electron chi connectivity index (χ2n) is 7.74. The summed E-state index contributed by atoms with van der Waals surface area (Å²) in [6, 6.07) is 8.23. The van der Waals surface area contributed by atoms with E-state index in [1.807, 2.05) is 19.9 Å². The van der Waals surface area contributed by atoms with E-state index in [1.165, 1.54) is 15.9 Å². The monoisotopic (exact) mass is 485 g/mol. The van der Waals surface area contributed by atoms with Gasteiger partial charge in [0.15, 0.2) is 5.16 Å². The van der Waals surface area contributed by atoms with Crippen LogP contribution in [0.25, 0.3) is 10.2 Å². The standard InChI is InChI=1S/C22H23N5O4S2/c1-5-22(14-9-7-6-8-10-14)19(30)27(20(31)24-22)25-15(28)11-32-21-23-17-16(18(29)26(21)4)12(2)13(3)33-17/h6-10H,5,11H2,1-4H3,(H,24,31)(H,25,28). The van der Waals surface area contributed by atoms with Gasteiger partial charge in [0, 0.05) is 11.9 Å². The van der Waals surface area contributed by atoms with Crippen molar-refractivity contribution in [2.75, 3.05) is 5.75 Å². The van der Waals surface area contributed by atoms with Crippen molar-refractivity contribution in [2.45, 2.75) is 37.9 Å². The summed E-state index contributed by atoms with van der Waals surface area (Å²) in [5.74, 6) is -1.23. The summed E-state index contributed by atoms with van der Waals surface area (Å²) in [6.45, 7) is 5.62. The number of hydrogen-bond donors (Lipinski definition) is 2. The summed E-state index contributed by atoms with van der Waals surface area (Å²) < 4.78 is 1.41. The number of carbonyl (C=O) groups excluding carboxylic acids is 3. The molecule has 1 aromatic carbocycles. The van der Waals surface area contributed by atoms with Crippen molar-refractivity contribution < 1.29 is 14.4 Å². The van der Waals surface area contributed by atoms with Crippen molar-refractivity contribution in [3.8, 4) is 0 Å². The fourth-order valence-electron chi connectivity index (χ4n) is 3.81. The zero-order valence-electron chi connectivity index (χ0n) is 18.6. The Hall–Kier alpha value is -3.18. The molecule has 3 heterocycles. The molecule has 0 radical (unpaired) electrons. The predicted molar refractivity (Wildman–Crippen MR) is 127 cm³/mol. The third kappa shape index (κ3) is 3.80. The summed E-state index contributed by atoms with van der Waals surface area (Å²) in [7, 11) is 1.61. The van der Waals surface area contributed by atoms with E-state index in [0.717, 1.165) is 27.2 Å². The van der Waals surface area contributed by atoms with Crippen molar-refractivity contribution in [1.29, 1.82) is 0 Å². The number of carbonyl (C=O) groups is 3. The van der Waals surface area contributed by atoms with Gasteiger partial charge in [-0.15, -0.1) is 11.3 Å². The van der Waals surface area contributed by atoms with Crippen molar-refractivity contribution in [3.05, 3.63) is 56.7 Å². The van der Waals surface area contributed by atoms with Gasteiger partial charge in [0.1, 0.15) is 10.4 Å². The maximum atomic E-state index is 13.1. The third-order valence-electron chi connectivity index (χ3n) is 5.83. The molecule has 11 heteroatoms. The van der Waals surface area contributed by atoms with Crippen molar-refractivity contribution in [1.82, 2.24) is 25.3 Å². The van der Waals surface area contributed by atoms with Crippen LogP contribution in [0.15, 0.2) is 40.3 Å². The Labute approximate surface area is 198 Å². The van der Waals surface area contributed by atoms with E-state index in [9.17, 15) is 19.2 Å². The lowest BCUT2D eigenvalue weighted by Gasteiger charge is -2.25. The van der Waals surface area contributed by atoms with Crippen LogP contribution < -0.4 is 16.3 Å². The number of amides is 4. The van der Waals surface area contributed by atoms with Crippen LogP contribution in [-0.4, -0.2) is 38.2 Å². The molecule has 0 bridgehead atoms. The minimum atomic E-state index is -1.23. The van der Waals surface area contributed by atoms with E-state index in [-0.39, 0.29) is 11.3 Å². The number of benzene rings is 1. The van der Waals surface area contributed by atoms with Crippen LogP contribution in [0.3, 0.4) is 0 Å². The molecule has 3 aromatic rings. The van der Waals surface area contributed by atoms with E-state index in [2.05, 4.69) is 15.7 Å². The molecule has 1 saturated heterocycles. The summed E-state index contributed by atoms with van der Waals surface area (Å²) in [6.07, 6.45) is 0.328. The number of aryl methyl sites for hydroxylation is 2. The number of aromatic nitrogens is 2. The first kappa shape index (κ1) is 23.0. The average molecular weight is 486 g/mol. The van der Waals surface area contributed by atoms with Crippen LogP contribution in [0.5, 0.6) is 0 Å². The number of nitrogens with one attached hydrogen (secondary N) is 2. The normalized spacial score (nSPS) is 18.1. The number of nitrogens with zero attached hydrogens (tertiary/aromatic N) is 3. The second-order valence-corrected chi connectivity index (χ2v) is 9.89. The first-order valence-corrected chi connectivity index (χ1v) is 12.1. The van der Waals surface area contributed by atoms with E-state index in [0.29, 0.717) is 27.4 Å². The Morgan fingerprint density at radius 3 is 2.58 bits per heavy atom. The summed E-state index contributed by atoms with van der Waals surface area (Å²) in [5.41, 5.74) is 2.54. The zero-order chi connectivity index (χ0) is 23.9. The molecule has 1 atom stereocenters. The minimum Gasteiger partial charge on any atom is -0.318 e. The van der Waals surface area contributed by atoms with Crippen LogP contribution in [0.1, 0.15) is 29.3 Å². The molecule has 2 N–H and O–H groups in total. The van der Waals surface area contributed by atoms with Gasteiger partial charge in [0.25, 0.3) is 11.5 Å². The van der Waals surface area contributed by atoms with Crippen LogP contribution in [0, 0.1) is 13.8 Å². The highest BCUT2D eigenvalue weighted by atomic mass is 32.2. The molecule has 4 amide bonds. The molecule has 9 nitrogen and oxygen atoms in total. The highest BCUT2D eigenvalue weighted by molar-refractivity contribution is 7.99. The zero-order valence-corrected chi connectivity index (χ0v) is 20.2. The largest absolute Gasteiger partial charge is 0.344 e. The number of rotatable bonds is 6. The Morgan fingerprint density at radius 1 is 1.21 bits per heavy atom.